The van der Waals surface area contributed by atoms with Crippen molar-refractivity contribution in [1.29, 1.82) is 0 Å². The van der Waals surface area contributed by atoms with Crippen LogP contribution in [0.1, 0.15) is 74.1 Å². The van der Waals surface area contributed by atoms with Crippen molar-refractivity contribution in [2.45, 2.75) is 90.3 Å². The van der Waals surface area contributed by atoms with Crippen molar-refractivity contribution < 1.29 is 66.8 Å². The maximum absolute atomic E-state index is 14.3. The van der Waals surface area contributed by atoms with Crippen molar-refractivity contribution in [1.82, 2.24) is 0 Å². The number of aryl methyl sites for hydroxylation is 2. The first-order valence-corrected chi connectivity index (χ1v) is 25.0. The Morgan fingerprint density at radius 1 is 0.786 bits per heavy atom. The van der Waals surface area contributed by atoms with Crippen molar-refractivity contribution in [3.8, 4) is 17.2 Å². The zero-order valence-electron chi connectivity index (χ0n) is 38.6. The van der Waals surface area contributed by atoms with Gasteiger partial charge in [-0.15, -0.1) is 45.9 Å². The van der Waals surface area contributed by atoms with E-state index in [1.54, 1.807) is 28.9 Å². The number of fused-ring (bicyclic) bond motifs is 6. The van der Waals surface area contributed by atoms with E-state index in [-0.39, 0.29) is 84.9 Å². The molecule has 2 amide bonds. The number of amides is 2. The smallest absolute Gasteiger partial charge is 0.467 e. The highest BCUT2D eigenvalue weighted by Crippen LogP contribution is 2.51. The number of nitro groups is 1. The number of nitrogens with zero attached hydrogens (tertiary/aromatic N) is 3. The highest BCUT2D eigenvalue weighted by molar-refractivity contribution is 7.18. The highest BCUT2D eigenvalue weighted by Gasteiger charge is 2.52. The molecule has 7 atom stereocenters. The van der Waals surface area contributed by atoms with Gasteiger partial charge in [-0.1, -0.05) is 6.92 Å². The summed E-state index contributed by atoms with van der Waals surface area (Å²) in [5.41, 5.74) is 4.43. The standard InChI is InChI=1S/C48H47Cl2N3O15S2/c1-22-20-69-44-33(66-47-24(3)41(63-25(4)54)42(64-26(5)55)43(68-47)46(58)62-6)14-31-39(37(22)44)27(16-49)18-51(31)35(56)8-7-9-36(57)52-19-28(17-50)40-32(52)15-34(45-38(40)23(2)21-70-45)67-48(59)65-30-12-10-29(11-13-30)53(60)61/h10-15,20-21,24,27-28,41-43,47H,7-9,16-19H2,1-6H3/t24-,27-,28-,41-,42+,43+,47-/m1/s1. The Hall–Kier alpha value is -6.06. The molecular weight excluding hydrogens is 994 g/mol. The van der Waals surface area contributed by atoms with Crippen LogP contribution in [-0.4, -0.2) is 97.4 Å². The van der Waals surface area contributed by atoms with Gasteiger partial charge in [0.1, 0.15) is 11.5 Å². The lowest BCUT2D eigenvalue weighted by atomic mass is 9.91. The lowest BCUT2D eigenvalue weighted by Crippen LogP contribution is -2.60. The Morgan fingerprint density at radius 2 is 1.30 bits per heavy atom. The molecule has 70 heavy (non-hydrogen) atoms. The number of ether oxygens (including phenoxy) is 7. The van der Waals surface area contributed by atoms with Gasteiger partial charge in [-0.2, -0.15) is 0 Å². The Morgan fingerprint density at radius 3 is 1.80 bits per heavy atom. The van der Waals surface area contributed by atoms with E-state index in [1.165, 1.54) is 53.9 Å². The lowest BCUT2D eigenvalue weighted by molar-refractivity contribution is -0.384. The topological polar surface area (TPSA) is 217 Å². The summed E-state index contributed by atoms with van der Waals surface area (Å²) in [4.78, 5) is 92.9. The van der Waals surface area contributed by atoms with Crippen LogP contribution in [0.2, 0.25) is 0 Å². The van der Waals surface area contributed by atoms with Gasteiger partial charge in [0.2, 0.25) is 18.1 Å². The molecule has 0 unspecified atom stereocenters. The zero-order chi connectivity index (χ0) is 50.3. The molecule has 1 fully saturated rings. The Bertz CT molecular complexity index is 2920. The van der Waals surface area contributed by atoms with E-state index in [9.17, 15) is 38.9 Å². The second kappa shape index (κ2) is 20.7. The van der Waals surface area contributed by atoms with Gasteiger partial charge in [0.05, 0.1) is 38.7 Å². The number of carbonyl (C=O) groups excluding carboxylic acids is 6. The number of methoxy groups -OCH3 is 1. The van der Waals surface area contributed by atoms with Gasteiger partial charge in [0.15, 0.2) is 24.1 Å². The van der Waals surface area contributed by atoms with Crippen molar-refractivity contribution >= 4 is 119 Å². The number of alkyl halides is 2. The molecule has 18 nitrogen and oxygen atoms in total. The number of hydrogen-bond donors (Lipinski definition) is 0. The minimum Gasteiger partial charge on any atom is -0.467 e. The van der Waals surface area contributed by atoms with Gasteiger partial charge in [-0.05, 0) is 65.4 Å². The monoisotopic (exact) mass is 1040 g/mol. The predicted octanol–water partition coefficient (Wildman–Crippen LogP) is 9.20. The van der Waals surface area contributed by atoms with E-state index in [1.807, 2.05) is 24.6 Å². The fourth-order valence-electron chi connectivity index (χ4n) is 9.42. The number of non-ortho nitro benzene ring substituents is 1. The first-order valence-electron chi connectivity index (χ1n) is 22.1. The largest absolute Gasteiger partial charge is 0.519 e. The number of benzene rings is 3. The average molecular weight is 1040 g/mol. The van der Waals surface area contributed by atoms with Crippen LogP contribution in [0, 0.1) is 29.9 Å². The third kappa shape index (κ3) is 9.71. The Kier molecular flexibility index (Phi) is 14.9. The molecule has 0 N–H and O–H groups in total. The third-order valence-electron chi connectivity index (χ3n) is 12.6. The summed E-state index contributed by atoms with van der Waals surface area (Å²) in [5, 5.41) is 16.6. The maximum Gasteiger partial charge on any atom is 0.519 e. The molecule has 5 aromatic rings. The first-order chi connectivity index (χ1) is 33.4. The molecule has 0 aliphatic carbocycles. The number of esters is 3. The van der Waals surface area contributed by atoms with Crippen LogP contribution in [0.5, 0.6) is 17.2 Å². The first kappa shape index (κ1) is 50.3. The summed E-state index contributed by atoms with van der Waals surface area (Å²) >= 11 is 15.9. The normalized spacial score (nSPS) is 21.5. The number of halogens is 2. The average Bonchev–Trinajstić information content (AvgIpc) is 4.10. The molecule has 2 aromatic heterocycles. The molecule has 3 aromatic carbocycles. The van der Waals surface area contributed by atoms with Crippen molar-refractivity contribution in [2.24, 2.45) is 5.92 Å². The van der Waals surface area contributed by atoms with Crippen LogP contribution in [0.4, 0.5) is 21.9 Å². The molecule has 22 heteroatoms. The summed E-state index contributed by atoms with van der Waals surface area (Å²) in [6.45, 7) is 8.40. The van der Waals surface area contributed by atoms with Crippen LogP contribution in [-0.2, 0) is 42.9 Å². The molecule has 370 valence electrons. The molecule has 0 saturated carbocycles. The summed E-state index contributed by atoms with van der Waals surface area (Å²) in [6.07, 6.45) is -6.14. The fraction of sp³-hybridized carbons (Fsp3) is 0.417. The molecular formula is C48H47Cl2N3O15S2. The van der Waals surface area contributed by atoms with Crippen molar-refractivity contribution in [3.63, 3.8) is 0 Å². The van der Waals surface area contributed by atoms with Crippen LogP contribution in [0.25, 0.3) is 20.2 Å². The summed E-state index contributed by atoms with van der Waals surface area (Å²) in [5.74, 6) is -3.15. The van der Waals surface area contributed by atoms with Crippen LogP contribution in [0.3, 0.4) is 0 Å². The summed E-state index contributed by atoms with van der Waals surface area (Å²) in [7, 11) is 1.15. The summed E-state index contributed by atoms with van der Waals surface area (Å²) in [6, 6.07) is 8.31. The van der Waals surface area contributed by atoms with Crippen LogP contribution >= 0.6 is 45.9 Å². The second-order valence-corrected chi connectivity index (χ2v) is 19.6. The van der Waals surface area contributed by atoms with Gasteiger partial charge in [0, 0.05) is 98.4 Å². The highest BCUT2D eigenvalue weighted by atomic mass is 35.5. The van der Waals surface area contributed by atoms with E-state index in [4.69, 9.17) is 56.4 Å². The lowest BCUT2D eigenvalue weighted by Gasteiger charge is -2.42. The number of thiophene rings is 2. The molecule has 0 radical (unpaired) electrons. The minimum atomic E-state index is -1.51. The fourth-order valence-corrected chi connectivity index (χ4v) is 12.0. The van der Waals surface area contributed by atoms with Gasteiger partial charge in [0.25, 0.3) is 5.69 Å². The molecule has 1 saturated heterocycles. The van der Waals surface area contributed by atoms with Crippen LogP contribution in [0.15, 0.2) is 47.2 Å². The van der Waals surface area contributed by atoms with E-state index in [0.717, 1.165) is 51.8 Å². The zero-order valence-corrected chi connectivity index (χ0v) is 41.8. The Labute approximate surface area is 418 Å². The number of hydrogen-bond acceptors (Lipinski definition) is 17. The number of carbonyl (C=O) groups is 6. The predicted molar refractivity (Wildman–Crippen MR) is 260 cm³/mol. The minimum absolute atomic E-state index is 0.00658. The van der Waals surface area contributed by atoms with Crippen LogP contribution < -0.4 is 24.0 Å². The molecule has 5 heterocycles. The molecule has 3 aliphatic heterocycles. The molecule has 0 bridgehead atoms. The second-order valence-electron chi connectivity index (χ2n) is 17.2. The number of nitro benzene ring substituents is 1. The van der Waals surface area contributed by atoms with Crippen molar-refractivity contribution in [3.05, 3.63) is 79.5 Å². The van der Waals surface area contributed by atoms with Gasteiger partial charge in [-0.3, -0.25) is 29.3 Å². The molecule has 0 spiro atoms. The molecule has 8 rings (SSSR count). The van der Waals surface area contributed by atoms with E-state index < -0.39 is 59.5 Å². The molecule has 3 aliphatic rings. The quantitative estimate of drug-likeness (QED) is 0.0253. The summed E-state index contributed by atoms with van der Waals surface area (Å²) < 4.78 is 41.2. The van der Waals surface area contributed by atoms with E-state index in [2.05, 4.69) is 0 Å². The Balaban J connectivity index is 1.02. The maximum atomic E-state index is 14.3. The number of anilines is 2. The van der Waals surface area contributed by atoms with Gasteiger partial charge >= 0.3 is 24.1 Å². The number of rotatable bonds is 14. The third-order valence-corrected chi connectivity index (χ3v) is 15.5. The van der Waals surface area contributed by atoms with Crippen molar-refractivity contribution in [2.75, 3.05) is 41.8 Å². The SMILES string of the molecule is COC(=O)[C@H]1O[C@@H](Oc2cc3c(c4c(C)csc24)[C@H](CCl)CN3C(=O)CCCC(=O)N2C[C@@H](CCl)c3c2cc(OC(=O)Oc2ccc([N+](=O)[O-])cc2)c2scc(C)c32)[C@H](C)[C@@H](OC(C)=O)[C@@H]1OC(C)=O. The van der Waals surface area contributed by atoms with Gasteiger partial charge < -0.3 is 43.0 Å². The van der Waals surface area contributed by atoms with E-state index >= 15 is 0 Å². The van der Waals surface area contributed by atoms with Gasteiger partial charge in [-0.25, -0.2) is 9.59 Å². The van der Waals surface area contributed by atoms with E-state index in [0.29, 0.717) is 21.8 Å².